The minimum atomic E-state index is -2.83. The summed E-state index contributed by atoms with van der Waals surface area (Å²) in [5.74, 6) is 0. The Bertz CT molecular complexity index is 3090. The van der Waals surface area contributed by atoms with E-state index in [1.165, 1.54) is 87.9 Å². The molecule has 9 aromatic rings. The molecule has 0 atom stereocenters. The highest BCUT2D eigenvalue weighted by Crippen LogP contribution is 2.48. The molecule has 0 aliphatic carbocycles. The molecule has 0 saturated heterocycles. The van der Waals surface area contributed by atoms with Crippen LogP contribution >= 0.6 is 0 Å². The Morgan fingerprint density at radius 3 is 1.50 bits per heavy atom. The van der Waals surface area contributed by atoms with Gasteiger partial charge in [-0.25, -0.2) is 0 Å². The molecule has 0 amide bonds. The third kappa shape index (κ3) is 5.18. The summed E-state index contributed by atoms with van der Waals surface area (Å²) in [7, 11) is -2.83. The van der Waals surface area contributed by atoms with Gasteiger partial charge in [0.2, 0.25) is 0 Å². The SMILES string of the molecule is Cc1cc(C)c(N2c3cc(N(c4ccccc4)c4ccccc4)ccc3B3c4cccc5c4N(c4ccccc4[Si]5(c4ccccc4)c4ccccc4)c4cccc2c43)c(C)c1. The van der Waals surface area contributed by atoms with Crippen molar-refractivity contribution in [2.75, 3.05) is 14.7 Å². The maximum atomic E-state index is 2.63. The minimum absolute atomic E-state index is 0.00386. The normalized spacial score (nSPS) is 13.8. The largest absolute Gasteiger partial charge is 0.312 e. The van der Waals surface area contributed by atoms with Gasteiger partial charge in [0, 0.05) is 45.5 Å². The van der Waals surface area contributed by atoms with Crippen LogP contribution in [0.3, 0.4) is 0 Å². The van der Waals surface area contributed by atoms with E-state index in [2.05, 4.69) is 248 Å². The van der Waals surface area contributed by atoms with Gasteiger partial charge < -0.3 is 14.7 Å². The third-order valence-corrected chi connectivity index (χ3v) is 18.4. The summed E-state index contributed by atoms with van der Waals surface area (Å²) in [5.41, 5.74) is 18.7. The van der Waals surface area contributed by atoms with Crippen molar-refractivity contribution < 1.29 is 0 Å². The van der Waals surface area contributed by atoms with Crippen LogP contribution in [-0.2, 0) is 0 Å². The van der Waals surface area contributed by atoms with Crippen molar-refractivity contribution in [3.05, 3.63) is 229 Å². The van der Waals surface area contributed by atoms with E-state index in [9.17, 15) is 0 Å². The number of rotatable bonds is 6. The van der Waals surface area contributed by atoms with E-state index in [1.54, 1.807) is 0 Å². The van der Waals surface area contributed by atoms with E-state index in [-0.39, 0.29) is 6.71 Å². The highest BCUT2D eigenvalue weighted by Gasteiger charge is 2.53. The summed E-state index contributed by atoms with van der Waals surface area (Å²) in [4.78, 5) is 7.61. The lowest BCUT2D eigenvalue weighted by Gasteiger charge is -2.50. The van der Waals surface area contributed by atoms with E-state index < -0.39 is 8.07 Å². The van der Waals surface area contributed by atoms with Crippen LogP contribution in [-0.4, -0.2) is 14.8 Å². The Labute approximate surface area is 365 Å². The van der Waals surface area contributed by atoms with Crippen molar-refractivity contribution in [2.45, 2.75) is 20.8 Å². The molecule has 0 spiro atoms. The quantitative estimate of drug-likeness (QED) is 0.155. The van der Waals surface area contributed by atoms with E-state index in [4.69, 9.17) is 0 Å². The molecule has 0 N–H and O–H groups in total. The van der Waals surface area contributed by atoms with Crippen molar-refractivity contribution in [3.63, 3.8) is 0 Å². The maximum Gasteiger partial charge on any atom is 0.252 e. The van der Waals surface area contributed by atoms with Crippen LogP contribution in [0.1, 0.15) is 16.7 Å². The van der Waals surface area contributed by atoms with Gasteiger partial charge in [0.25, 0.3) is 6.71 Å². The highest BCUT2D eigenvalue weighted by atomic mass is 28.3. The van der Waals surface area contributed by atoms with Gasteiger partial charge in [0.05, 0.1) is 5.69 Å². The molecule has 9 aromatic carbocycles. The van der Waals surface area contributed by atoms with Crippen LogP contribution in [0, 0.1) is 20.8 Å². The molecule has 3 aliphatic heterocycles. The summed E-state index contributed by atoms with van der Waals surface area (Å²) in [6, 6.07) is 79.8. The van der Waals surface area contributed by atoms with Gasteiger partial charge in [-0.05, 0) is 124 Å². The second kappa shape index (κ2) is 14.1. The molecule has 0 bridgehead atoms. The van der Waals surface area contributed by atoms with Gasteiger partial charge in [-0.3, -0.25) is 0 Å². The Kier molecular flexibility index (Phi) is 8.31. The molecular formula is C57H44BN3Si. The van der Waals surface area contributed by atoms with E-state index >= 15 is 0 Å². The van der Waals surface area contributed by atoms with Gasteiger partial charge in [-0.1, -0.05) is 163 Å². The molecule has 3 heterocycles. The maximum absolute atomic E-state index is 2.83. The Morgan fingerprint density at radius 1 is 0.387 bits per heavy atom. The van der Waals surface area contributed by atoms with Crippen LogP contribution in [0.5, 0.6) is 0 Å². The molecule has 0 radical (unpaired) electrons. The van der Waals surface area contributed by atoms with Gasteiger partial charge >= 0.3 is 0 Å². The molecule has 3 aliphatic rings. The lowest BCUT2D eigenvalue weighted by molar-refractivity contribution is 1.19. The fourth-order valence-corrected chi connectivity index (χ4v) is 16.5. The van der Waals surface area contributed by atoms with Crippen LogP contribution < -0.4 is 51.8 Å². The van der Waals surface area contributed by atoms with Crippen molar-refractivity contribution in [2.24, 2.45) is 0 Å². The van der Waals surface area contributed by atoms with Gasteiger partial charge in [-0.2, -0.15) is 0 Å². The van der Waals surface area contributed by atoms with Crippen LogP contribution in [0.15, 0.2) is 212 Å². The second-order valence-corrected chi connectivity index (χ2v) is 20.8. The lowest BCUT2D eigenvalue weighted by atomic mass is 9.33. The van der Waals surface area contributed by atoms with Crippen LogP contribution in [0.25, 0.3) is 0 Å². The zero-order valence-corrected chi connectivity index (χ0v) is 36.1. The van der Waals surface area contributed by atoms with E-state index in [1.807, 2.05) is 0 Å². The molecule has 5 heteroatoms. The third-order valence-electron chi connectivity index (χ3n) is 13.5. The molecule has 0 aromatic heterocycles. The molecule has 12 rings (SSSR count). The number of aryl methyl sites for hydroxylation is 3. The van der Waals surface area contributed by atoms with Gasteiger partial charge in [0.1, 0.15) is 0 Å². The molecular weight excluding hydrogens is 766 g/mol. The van der Waals surface area contributed by atoms with Crippen LogP contribution in [0.4, 0.5) is 51.2 Å². The summed E-state index contributed by atoms with van der Waals surface area (Å²) in [5, 5.41) is 5.66. The van der Waals surface area contributed by atoms with Crippen molar-refractivity contribution in [1.29, 1.82) is 0 Å². The topological polar surface area (TPSA) is 9.72 Å². The number of hydrogen-bond acceptors (Lipinski definition) is 3. The fraction of sp³-hybridized carbons (Fsp3) is 0.0526. The van der Waals surface area contributed by atoms with Crippen LogP contribution in [0.2, 0.25) is 0 Å². The number of nitrogens with zero attached hydrogens (tertiary/aromatic N) is 3. The Hall–Kier alpha value is -7.34. The lowest BCUT2D eigenvalue weighted by Crippen LogP contribution is -2.79. The van der Waals surface area contributed by atoms with Gasteiger partial charge in [-0.15, -0.1) is 0 Å². The summed E-state index contributed by atoms with van der Waals surface area (Å²) in [6.45, 7) is 6.77. The Balaban J connectivity index is 1.18. The van der Waals surface area contributed by atoms with Crippen molar-refractivity contribution >= 4 is 103 Å². The monoisotopic (exact) mass is 809 g/mol. The highest BCUT2D eigenvalue weighted by molar-refractivity contribution is 7.22. The van der Waals surface area contributed by atoms with E-state index in [0.717, 1.165) is 17.1 Å². The zero-order valence-electron chi connectivity index (χ0n) is 35.1. The van der Waals surface area contributed by atoms with Gasteiger partial charge in [0.15, 0.2) is 8.07 Å². The standard InChI is InChI=1S/C57H44BN3Si/c1-39-36-40(2)56(41(3)37-39)61-51-31-19-30-50-55(51)58(47-35-34-44(38-52(47)61)59(42-20-8-4-9-21-42)43-22-10-5-11-23-43)48-28-18-33-54-57(48)60(50)49-29-16-17-32-53(49)62(54,45-24-12-6-13-25-45)46-26-14-7-15-27-46/h4-38H,1-3H3. The number of fused-ring (bicyclic) bond motifs is 6. The molecule has 0 unspecified atom stereocenters. The first-order valence-corrected chi connectivity index (χ1v) is 23.7. The molecule has 3 nitrogen and oxygen atoms in total. The predicted molar refractivity (Wildman–Crippen MR) is 267 cm³/mol. The molecule has 62 heavy (non-hydrogen) atoms. The molecule has 0 saturated carbocycles. The molecule has 0 fully saturated rings. The fourth-order valence-electron chi connectivity index (χ4n) is 11.3. The average Bonchev–Trinajstić information content (AvgIpc) is 3.31. The Morgan fingerprint density at radius 2 is 0.887 bits per heavy atom. The van der Waals surface area contributed by atoms with Crippen molar-refractivity contribution in [3.8, 4) is 0 Å². The number of benzene rings is 9. The number of para-hydroxylation sites is 4. The average molecular weight is 810 g/mol. The number of anilines is 9. The first kappa shape index (κ1) is 36.5. The molecule has 294 valence electrons. The van der Waals surface area contributed by atoms with Crippen molar-refractivity contribution in [1.82, 2.24) is 0 Å². The summed E-state index contributed by atoms with van der Waals surface area (Å²) >= 11 is 0. The smallest absolute Gasteiger partial charge is 0.252 e. The minimum Gasteiger partial charge on any atom is -0.312 e. The first-order valence-electron chi connectivity index (χ1n) is 21.7. The summed E-state index contributed by atoms with van der Waals surface area (Å²) in [6.07, 6.45) is 0. The first-order chi connectivity index (χ1) is 30.5. The number of hydrogen-bond donors (Lipinski definition) is 0. The van der Waals surface area contributed by atoms with E-state index in [0.29, 0.717) is 0 Å². The summed E-state index contributed by atoms with van der Waals surface area (Å²) < 4.78 is 0. The second-order valence-electron chi connectivity index (χ2n) is 17.1. The zero-order chi connectivity index (χ0) is 41.5. The predicted octanol–water partition coefficient (Wildman–Crippen LogP) is 9.86.